The Morgan fingerprint density at radius 1 is 0.947 bits per heavy atom. The highest BCUT2D eigenvalue weighted by atomic mass is 19.3. The Kier molecular flexibility index (Phi) is 4.52. The summed E-state index contributed by atoms with van der Waals surface area (Å²) < 4.78 is 26.7. The lowest BCUT2D eigenvalue weighted by molar-refractivity contribution is -0.0169. The van der Waals surface area contributed by atoms with Gasteiger partial charge in [-0.3, -0.25) is 0 Å². The van der Waals surface area contributed by atoms with Crippen LogP contribution in [0.15, 0.2) is 42.5 Å². The van der Waals surface area contributed by atoms with E-state index in [1.54, 1.807) is 0 Å². The highest BCUT2D eigenvalue weighted by Crippen LogP contribution is 2.27. The minimum atomic E-state index is -2.56. The van der Waals surface area contributed by atoms with Crippen LogP contribution in [-0.4, -0.2) is 5.92 Å². The third-order valence-corrected chi connectivity index (χ3v) is 3.36. The van der Waals surface area contributed by atoms with Gasteiger partial charge in [-0.25, -0.2) is 8.78 Å². The number of fused-ring (bicyclic) bond motifs is 1. The van der Waals surface area contributed by atoms with Gasteiger partial charge in [-0.05, 0) is 35.6 Å². The summed E-state index contributed by atoms with van der Waals surface area (Å²) >= 11 is 0. The SMILES string of the molecule is [CH2]CCC(F)(F)CCCc1ccc2ccccc2c1. The Morgan fingerprint density at radius 2 is 1.68 bits per heavy atom. The van der Waals surface area contributed by atoms with Gasteiger partial charge < -0.3 is 0 Å². The summed E-state index contributed by atoms with van der Waals surface area (Å²) in [5, 5.41) is 2.36. The highest BCUT2D eigenvalue weighted by Gasteiger charge is 2.26. The third-order valence-electron chi connectivity index (χ3n) is 3.36. The van der Waals surface area contributed by atoms with Crippen molar-refractivity contribution in [3.05, 3.63) is 55.0 Å². The molecule has 0 nitrogen and oxygen atoms in total. The van der Waals surface area contributed by atoms with Gasteiger partial charge in [0.25, 0.3) is 0 Å². The molecule has 0 saturated carbocycles. The minimum absolute atomic E-state index is 0.0463. The zero-order valence-electron chi connectivity index (χ0n) is 11.0. The molecule has 0 aliphatic carbocycles. The molecule has 0 amide bonds. The maximum Gasteiger partial charge on any atom is 0.248 e. The van der Waals surface area contributed by atoms with Crippen molar-refractivity contribution in [3.63, 3.8) is 0 Å². The van der Waals surface area contributed by atoms with E-state index >= 15 is 0 Å². The van der Waals surface area contributed by atoms with Gasteiger partial charge in [0.05, 0.1) is 0 Å². The molecule has 0 saturated heterocycles. The molecular formula is C17H19F2. The second-order valence-corrected chi connectivity index (χ2v) is 4.99. The molecular weight excluding hydrogens is 242 g/mol. The summed E-state index contributed by atoms with van der Waals surface area (Å²) in [6, 6.07) is 14.3. The van der Waals surface area contributed by atoms with Crippen molar-refractivity contribution < 1.29 is 8.78 Å². The van der Waals surface area contributed by atoms with Crippen molar-refractivity contribution in [1.29, 1.82) is 0 Å². The van der Waals surface area contributed by atoms with Crippen LogP contribution in [-0.2, 0) is 6.42 Å². The van der Waals surface area contributed by atoms with Crippen LogP contribution >= 0.6 is 0 Å². The quantitative estimate of drug-likeness (QED) is 0.652. The predicted octanol–water partition coefficient (Wildman–Crippen LogP) is 5.41. The normalized spacial score (nSPS) is 11.9. The zero-order valence-corrected chi connectivity index (χ0v) is 11.0. The Labute approximate surface area is 113 Å². The number of hydrogen-bond acceptors (Lipinski definition) is 0. The van der Waals surface area contributed by atoms with Crippen molar-refractivity contribution >= 4 is 10.8 Å². The molecule has 0 aliphatic heterocycles. The topological polar surface area (TPSA) is 0 Å². The third kappa shape index (κ3) is 4.02. The smallest absolute Gasteiger partial charge is 0.207 e. The predicted molar refractivity (Wildman–Crippen MR) is 76.4 cm³/mol. The lowest BCUT2D eigenvalue weighted by atomic mass is 10.0. The summed E-state index contributed by atoms with van der Waals surface area (Å²) in [4.78, 5) is 0. The molecule has 1 radical (unpaired) electrons. The molecule has 101 valence electrons. The number of rotatable bonds is 6. The summed E-state index contributed by atoms with van der Waals surface area (Å²) in [5.41, 5.74) is 1.13. The first kappa shape index (κ1) is 14.0. The van der Waals surface area contributed by atoms with E-state index < -0.39 is 5.92 Å². The van der Waals surface area contributed by atoms with Crippen molar-refractivity contribution in [2.45, 2.75) is 38.0 Å². The van der Waals surface area contributed by atoms with E-state index in [1.807, 2.05) is 18.2 Å². The van der Waals surface area contributed by atoms with Crippen LogP contribution in [0.4, 0.5) is 8.78 Å². The van der Waals surface area contributed by atoms with Gasteiger partial charge in [0.15, 0.2) is 0 Å². The molecule has 0 atom stereocenters. The fraction of sp³-hybridized carbons (Fsp3) is 0.353. The number of halogens is 2. The molecule has 19 heavy (non-hydrogen) atoms. The Bertz CT molecular complexity index is 532. The van der Waals surface area contributed by atoms with Crippen LogP contribution < -0.4 is 0 Å². The standard InChI is InChI=1S/C17H19F2/c1-2-11-17(18,19)12-5-6-14-9-10-15-7-3-4-8-16(15)13-14/h3-4,7-10,13H,1-2,5-6,11-12H2. The van der Waals surface area contributed by atoms with E-state index in [1.165, 1.54) is 10.8 Å². The van der Waals surface area contributed by atoms with E-state index in [9.17, 15) is 8.78 Å². The molecule has 2 aromatic rings. The molecule has 2 aromatic carbocycles. The van der Waals surface area contributed by atoms with Crippen molar-refractivity contribution in [2.75, 3.05) is 0 Å². The molecule has 0 unspecified atom stereocenters. The minimum Gasteiger partial charge on any atom is -0.207 e. The van der Waals surface area contributed by atoms with Crippen LogP contribution in [0.5, 0.6) is 0 Å². The van der Waals surface area contributed by atoms with Crippen LogP contribution in [0, 0.1) is 6.92 Å². The van der Waals surface area contributed by atoms with Gasteiger partial charge >= 0.3 is 0 Å². The Balaban J connectivity index is 1.95. The molecule has 0 fully saturated rings. The number of benzene rings is 2. The Morgan fingerprint density at radius 3 is 2.42 bits per heavy atom. The molecule has 2 heteroatoms. The maximum atomic E-state index is 13.3. The Hall–Kier alpha value is -1.44. The number of aryl methyl sites for hydroxylation is 1. The first-order valence-electron chi connectivity index (χ1n) is 6.75. The van der Waals surface area contributed by atoms with Crippen LogP contribution in [0.25, 0.3) is 10.8 Å². The van der Waals surface area contributed by atoms with Gasteiger partial charge in [-0.2, -0.15) is 0 Å². The highest BCUT2D eigenvalue weighted by molar-refractivity contribution is 5.82. The molecule has 2 rings (SSSR count). The van der Waals surface area contributed by atoms with Gasteiger partial charge in [-0.1, -0.05) is 49.4 Å². The first-order chi connectivity index (χ1) is 9.11. The summed E-state index contributed by atoms with van der Waals surface area (Å²) in [7, 11) is 0. The van der Waals surface area contributed by atoms with Crippen LogP contribution in [0.3, 0.4) is 0 Å². The molecule has 0 N–H and O–H groups in total. The molecule has 0 heterocycles. The summed E-state index contributed by atoms with van der Waals surface area (Å²) in [6.45, 7) is 3.49. The van der Waals surface area contributed by atoms with Crippen molar-refractivity contribution in [3.8, 4) is 0 Å². The second-order valence-electron chi connectivity index (χ2n) is 4.99. The van der Waals surface area contributed by atoms with E-state index in [0.29, 0.717) is 19.3 Å². The molecule has 0 aliphatic rings. The second kappa shape index (κ2) is 6.14. The van der Waals surface area contributed by atoms with Crippen molar-refractivity contribution in [2.24, 2.45) is 0 Å². The monoisotopic (exact) mass is 261 g/mol. The van der Waals surface area contributed by atoms with E-state index in [0.717, 1.165) is 5.56 Å². The fourth-order valence-electron chi connectivity index (χ4n) is 2.33. The van der Waals surface area contributed by atoms with Gasteiger partial charge in [-0.15, -0.1) is 0 Å². The van der Waals surface area contributed by atoms with E-state index in [2.05, 4.69) is 31.2 Å². The average molecular weight is 261 g/mol. The lowest BCUT2D eigenvalue weighted by Gasteiger charge is -2.14. The van der Waals surface area contributed by atoms with E-state index in [4.69, 9.17) is 0 Å². The molecule has 0 bridgehead atoms. The lowest BCUT2D eigenvalue weighted by Crippen LogP contribution is -2.15. The number of alkyl halides is 2. The maximum absolute atomic E-state index is 13.3. The largest absolute Gasteiger partial charge is 0.248 e. The van der Waals surface area contributed by atoms with Crippen molar-refractivity contribution in [1.82, 2.24) is 0 Å². The van der Waals surface area contributed by atoms with Crippen LogP contribution in [0.1, 0.15) is 31.2 Å². The molecule has 0 spiro atoms. The zero-order chi connectivity index (χ0) is 13.7. The summed E-state index contributed by atoms with van der Waals surface area (Å²) in [5.74, 6) is -2.56. The molecule has 0 aromatic heterocycles. The van der Waals surface area contributed by atoms with E-state index in [-0.39, 0.29) is 12.8 Å². The van der Waals surface area contributed by atoms with Crippen LogP contribution in [0.2, 0.25) is 0 Å². The number of hydrogen-bond donors (Lipinski definition) is 0. The van der Waals surface area contributed by atoms with Gasteiger partial charge in [0.2, 0.25) is 5.92 Å². The van der Waals surface area contributed by atoms with Gasteiger partial charge in [0.1, 0.15) is 0 Å². The first-order valence-corrected chi connectivity index (χ1v) is 6.75. The average Bonchev–Trinajstić information content (AvgIpc) is 2.38. The fourth-order valence-corrected chi connectivity index (χ4v) is 2.33. The summed E-state index contributed by atoms with van der Waals surface area (Å²) in [6.07, 6.45) is 1.37. The van der Waals surface area contributed by atoms with Gasteiger partial charge in [0, 0.05) is 12.8 Å².